The number of hydrogen-bond donors (Lipinski definition) is 3. The molecule has 0 saturated carbocycles. The first-order valence-electron chi connectivity index (χ1n) is 10.8. The van der Waals surface area contributed by atoms with Crippen LogP contribution >= 0.6 is 0 Å². The minimum absolute atomic E-state index is 0.172. The standard InChI is InChI=1S/C23H26FN7O/c1-3-14-12-15(32)4-5-16(14)17-6-7-18-21(20(17)24)27-28-22(18)23-25-19(26-29-23)13-31-10-8-30(2)9-11-31/h4-7,12,32H,3,8-11,13H2,1-2H3,(H,27,28)(H,25,26,29). The lowest BCUT2D eigenvalue weighted by Crippen LogP contribution is -2.44. The number of aryl methyl sites for hydroxylation is 1. The summed E-state index contributed by atoms with van der Waals surface area (Å²) < 4.78 is 15.4. The normalized spacial score (nSPS) is 15.6. The van der Waals surface area contributed by atoms with Gasteiger partial charge in [0, 0.05) is 37.1 Å². The van der Waals surface area contributed by atoms with E-state index in [1.165, 1.54) is 0 Å². The average Bonchev–Trinajstić information content (AvgIpc) is 3.43. The number of benzene rings is 2. The summed E-state index contributed by atoms with van der Waals surface area (Å²) in [5.41, 5.74) is 2.92. The molecule has 0 unspecified atom stereocenters. The number of phenolic OH excluding ortho intramolecular Hbond substituents is 1. The van der Waals surface area contributed by atoms with Gasteiger partial charge in [0.2, 0.25) is 0 Å². The number of H-pyrrole nitrogens is 2. The Hall–Kier alpha value is -3.30. The molecule has 0 bridgehead atoms. The van der Waals surface area contributed by atoms with Crippen LogP contribution in [0.2, 0.25) is 0 Å². The van der Waals surface area contributed by atoms with Crippen molar-refractivity contribution in [2.24, 2.45) is 0 Å². The molecule has 0 atom stereocenters. The molecule has 166 valence electrons. The minimum Gasteiger partial charge on any atom is -0.508 e. The lowest BCUT2D eigenvalue weighted by atomic mass is 9.96. The third kappa shape index (κ3) is 3.74. The number of halogens is 1. The summed E-state index contributed by atoms with van der Waals surface area (Å²) in [7, 11) is 2.13. The van der Waals surface area contributed by atoms with Crippen molar-refractivity contribution in [3.05, 3.63) is 47.5 Å². The van der Waals surface area contributed by atoms with Crippen molar-refractivity contribution in [2.75, 3.05) is 33.2 Å². The van der Waals surface area contributed by atoms with Gasteiger partial charge in [-0.3, -0.25) is 15.1 Å². The molecule has 1 saturated heterocycles. The Morgan fingerprint density at radius 2 is 1.81 bits per heavy atom. The molecule has 1 aliphatic heterocycles. The lowest BCUT2D eigenvalue weighted by molar-refractivity contribution is 0.145. The van der Waals surface area contributed by atoms with E-state index in [1.54, 1.807) is 24.3 Å². The summed E-state index contributed by atoms with van der Waals surface area (Å²) in [6.07, 6.45) is 0.681. The van der Waals surface area contributed by atoms with Crippen molar-refractivity contribution in [3.63, 3.8) is 0 Å². The van der Waals surface area contributed by atoms with E-state index in [2.05, 4.69) is 42.2 Å². The zero-order valence-electron chi connectivity index (χ0n) is 18.2. The number of aromatic amines is 2. The number of phenols is 1. The molecule has 2 aromatic carbocycles. The third-order valence-electron chi connectivity index (χ3n) is 6.15. The molecule has 1 fully saturated rings. The fraction of sp³-hybridized carbons (Fsp3) is 0.348. The Morgan fingerprint density at radius 1 is 1.03 bits per heavy atom. The number of rotatable bonds is 5. The minimum atomic E-state index is -0.404. The van der Waals surface area contributed by atoms with Gasteiger partial charge < -0.3 is 10.0 Å². The first kappa shape index (κ1) is 20.6. The van der Waals surface area contributed by atoms with Crippen LogP contribution in [0.4, 0.5) is 4.39 Å². The molecule has 32 heavy (non-hydrogen) atoms. The summed E-state index contributed by atoms with van der Waals surface area (Å²) in [6.45, 7) is 6.73. The van der Waals surface area contributed by atoms with Crippen LogP contribution in [0.5, 0.6) is 5.75 Å². The molecule has 5 rings (SSSR count). The van der Waals surface area contributed by atoms with Crippen LogP contribution < -0.4 is 0 Å². The summed E-state index contributed by atoms with van der Waals surface area (Å²) in [5, 5.41) is 24.9. The highest BCUT2D eigenvalue weighted by atomic mass is 19.1. The molecule has 2 aromatic heterocycles. The molecule has 1 aliphatic rings. The highest BCUT2D eigenvalue weighted by Crippen LogP contribution is 2.34. The molecule has 3 N–H and O–H groups in total. The van der Waals surface area contributed by atoms with Crippen LogP contribution in [0.1, 0.15) is 18.3 Å². The highest BCUT2D eigenvalue weighted by molar-refractivity contribution is 5.94. The van der Waals surface area contributed by atoms with Gasteiger partial charge in [0.1, 0.15) is 22.8 Å². The van der Waals surface area contributed by atoms with E-state index >= 15 is 4.39 Å². The second kappa shape index (κ2) is 8.33. The van der Waals surface area contributed by atoms with Crippen molar-refractivity contribution in [2.45, 2.75) is 19.9 Å². The van der Waals surface area contributed by atoms with Crippen LogP contribution in [-0.2, 0) is 13.0 Å². The Bertz CT molecular complexity index is 1260. The van der Waals surface area contributed by atoms with E-state index in [0.717, 1.165) is 43.1 Å². The van der Waals surface area contributed by atoms with E-state index in [-0.39, 0.29) is 11.3 Å². The van der Waals surface area contributed by atoms with Gasteiger partial charge in [0.15, 0.2) is 11.6 Å². The molecule has 0 spiro atoms. The maximum atomic E-state index is 15.4. The van der Waals surface area contributed by atoms with Gasteiger partial charge in [-0.1, -0.05) is 19.1 Å². The lowest BCUT2D eigenvalue weighted by Gasteiger charge is -2.31. The van der Waals surface area contributed by atoms with E-state index in [9.17, 15) is 5.11 Å². The quantitative estimate of drug-likeness (QED) is 0.446. The maximum absolute atomic E-state index is 15.4. The second-order valence-corrected chi connectivity index (χ2v) is 8.30. The number of nitrogens with one attached hydrogen (secondary N) is 2. The van der Waals surface area contributed by atoms with Crippen LogP contribution in [0.15, 0.2) is 30.3 Å². The number of nitrogens with zero attached hydrogens (tertiary/aromatic N) is 5. The molecule has 8 nitrogen and oxygen atoms in total. The molecule has 0 amide bonds. The fourth-order valence-corrected chi connectivity index (χ4v) is 4.26. The van der Waals surface area contributed by atoms with E-state index in [0.29, 0.717) is 35.4 Å². The molecule has 9 heteroatoms. The first-order valence-corrected chi connectivity index (χ1v) is 10.8. The average molecular weight is 436 g/mol. The van der Waals surface area contributed by atoms with Crippen molar-refractivity contribution in [3.8, 4) is 28.4 Å². The smallest absolute Gasteiger partial charge is 0.199 e. The largest absolute Gasteiger partial charge is 0.508 e. The summed E-state index contributed by atoms with van der Waals surface area (Å²) in [4.78, 5) is 9.27. The van der Waals surface area contributed by atoms with Crippen LogP contribution in [0.25, 0.3) is 33.5 Å². The molecular formula is C23H26FN7O. The van der Waals surface area contributed by atoms with E-state index in [4.69, 9.17) is 0 Å². The molecule has 3 heterocycles. The zero-order chi connectivity index (χ0) is 22.2. The summed E-state index contributed by atoms with van der Waals surface area (Å²) >= 11 is 0. The predicted octanol–water partition coefficient (Wildman–Crippen LogP) is 3.17. The maximum Gasteiger partial charge on any atom is 0.199 e. The van der Waals surface area contributed by atoms with Gasteiger partial charge in [-0.25, -0.2) is 9.37 Å². The molecule has 4 aromatic rings. The highest BCUT2D eigenvalue weighted by Gasteiger charge is 2.20. The van der Waals surface area contributed by atoms with Gasteiger partial charge in [-0.15, -0.1) is 0 Å². The number of aromatic hydroxyl groups is 1. The Labute approximate surface area is 185 Å². The predicted molar refractivity (Wildman–Crippen MR) is 121 cm³/mol. The third-order valence-corrected chi connectivity index (χ3v) is 6.15. The molecule has 0 aliphatic carbocycles. The number of piperazine rings is 1. The van der Waals surface area contributed by atoms with Gasteiger partial charge >= 0.3 is 0 Å². The Balaban J connectivity index is 1.45. The topological polar surface area (TPSA) is 97.0 Å². The van der Waals surface area contributed by atoms with Gasteiger partial charge in [-0.05, 0) is 42.8 Å². The van der Waals surface area contributed by atoms with Crippen molar-refractivity contribution >= 4 is 10.9 Å². The van der Waals surface area contributed by atoms with Gasteiger partial charge in [0.25, 0.3) is 0 Å². The number of fused-ring (bicyclic) bond motifs is 1. The van der Waals surface area contributed by atoms with Crippen molar-refractivity contribution in [1.29, 1.82) is 0 Å². The fourth-order valence-electron chi connectivity index (χ4n) is 4.26. The SMILES string of the molecule is CCc1cc(O)ccc1-c1ccc2c(-c3n[nH]c(CN4CCN(C)CC4)n3)[nH]nc2c1F. The zero-order valence-corrected chi connectivity index (χ0v) is 18.2. The number of aromatic nitrogens is 5. The van der Waals surface area contributed by atoms with E-state index < -0.39 is 5.82 Å². The van der Waals surface area contributed by atoms with Gasteiger partial charge in [0.05, 0.1) is 6.54 Å². The van der Waals surface area contributed by atoms with Gasteiger partial charge in [-0.2, -0.15) is 10.2 Å². The van der Waals surface area contributed by atoms with Crippen LogP contribution in [0.3, 0.4) is 0 Å². The molecular weight excluding hydrogens is 409 g/mol. The summed E-state index contributed by atoms with van der Waals surface area (Å²) in [6, 6.07) is 8.58. The van der Waals surface area contributed by atoms with Crippen LogP contribution in [0, 0.1) is 5.82 Å². The number of likely N-dealkylation sites (N-methyl/N-ethyl adjacent to an activating group) is 1. The Morgan fingerprint density at radius 3 is 2.59 bits per heavy atom. The van der Waals surface area contributed by atoms with Crippen molar-refractivity contribution < 1.29 is 9.50 Å². The van der Waals surface area contributed by atoms with Crippen molar-refractivity contribution in [1.82, 2.24) is 35.2 Å². The number of hydrogen-bond acceptors (Lipinski definition) is 6. The second-order valence-electron chi connectivity index (χ2n) is 8.30. The van der Waals surface area contributed by atoms with Crippen LogP contribution in [-0.4, -0.2) is 73.5 Å². The molecule has 0 radical (unpaired) electrons. The monoisotopic (exact) mass is 435 g/mol. The first-order chi connectivity index (χ1) is 15.5. The van der Waals surface area contributed by atoms with E-state index in [1.807, 2.05) is 13.0 Å². The Kier molecular flexibility index (Phi) is 5.36. The summed E-state index contributed by atoms with van der Waals surface area (Å²) in [5.74, 6) is 1.02.